The molecule has 0 aromatic heterocycles. The van der Waals surface area contributed by atoms with E-state index >= 15 is 0 Å². The van der Waals surface area contributed by atoms with Crippen molar-refractivity contribution in [3.8, 4) is 0 Å². The normalized spacial score (nSPS) is 12.4. The van der Waals surface area contributed by atoms with Crippen LogP contribution in [0.5, 0.6) is 0 Å². The summed E-state index contributed by atoms with van der Waals surface area (Å²) in [5, 5.41) is 3.44. The molecule has 0 saturated heterocycles. The molecule has 2 aromatic carbocycles. The summed E-state index contributed by atoms with van der Waals surface area (Å²) >= 11 is 5.38. The summed E-state index contributed by atoms with van der Waals surface area (Å²) in [7, 11) is 2.05. The van der Waals surface area contributed by atoms with Crippen molar-refractivity contribution >= 4 is 27.7 Å². The van der Waals surface area contributed by atoms with E-state index in [9.17, 15) is 0 Å². The fourth-order valence-electron chi connectivity index (χ4n) is 2.19. The van der Waals surface area contributed by atoms with Crippen LogP contribution >= 0.6 is 27.7 Å². The van der Waals surface area contributed by atoms with Gasteiger partial charge in [-0.3, -0.25) is 0 Å². The van der Waals surface area contributed by atoms with Crippen LogP contribution in [0.15, 0.2) is 51.8 Å². The van der Waals surface area contributed by atoms with Gasteiger partial charge in [-0.2, -0.15) is 0 Å². The van der Waals surface area contributed by atoms with Gasteiger partial charge in [0.1, 0.15) is 0 Å². The molecule has 0 radical (unpaired) electrons. The number of benzene rings is 2. The maximum Gasteiger partial charge on any atom is 0.0199 e. The minimum absolute atomic E-state index is 0.487. The van der Waals surface area contributed by atoms with E-state index in [0.29, 0.717) is 6.04 Å². The van der Waals surface area contributed by atoms with Crippen LogP contribution in [-0.2, 0) is 6.42 Å². The summed E-state index contributed by atoms with van der Waals surface area (Å²) < 4.78 is 1.13. The Balaban J connectivity index is 1.93. The highest BCUT2D eigenvalue weighted by atomic mass is 79.9. The monoisotopic (exact) mass is 363 g/mol. The van der Waals surface area contributed by atoms with Gasteiger partial charge >= 0.3 is 0 Å². The van der Waals surface area contributed by atoms with Crippen LogP contribution in [0.25, 0.3) is 0 Å². The molecule has 0 fully saturated rings. The molecule has 1 unspecified atom stereocenters. The second kappa shape index (κ2) is 8.02. The third-order valence-electron chi connectivity index (χ3n) is 3.73. The number of nitrogens with one attached hydrogen (secondary N) is 1. The standard InChI is InChI=1S/C18H22BrNS/c1-13-4-5-15(10-14(13)2)11-17(20-3)12-21-18-8-6-16(19)7-9-18/h4-10,17,20H,11-12H2,1-3H3. The molecule has 1 N–H and O–H groups in total. The molecule has 2 aromatic rings. The summed E-state index contributed by atoms with van der Waals surface area (Å²) in [4.78, 5) is 1.32. The van der Waals surface area contributed by atoms with Gasteiger partial charge in [0.25, 0.3) is 0 Å². The number of thioether (sulfide) groups is 1. The van der Waals surface area contributed by atoms with E-state index in [1.54, 1.807) is 0 Å². The molecule has 2 rings (SSSR count). The van der Waals surface area contributed by atoms with E-state index in [-0.39, 0.29) is 0 Å². The minimum atomic E-state index is 0.487. The summed E-state index contributed by atoms with van der Waals surface area (Å²) in [6.07, 6.45) is 1.07. The number of rotatable bonds is 6. The summed E-state index contributed by atoms with van der Waals surface area (Å²) in [6, 6.07) is 15.8. The largest absolute Gasteiger partial charge is 0.316 e. The third kappa shape index (κ3) is 5.17. The Morgan fingerprint density at radius 2 is 1.76 bits per heavy atom. The Kier molecular flexibility index (Phi) is 6.34. The highest BCUT2D eigenvalue weighted by molar-refractivity contribution is 9.10. The Bertz CT molecular complexity index is 580. The second-order valence-electron chi connectivity index (χ2n) is 5.37. The molecule has 0 heterocycles. The molecular formula is C18H22BrNS. The van der Waals surface area contributed by atoms with Gasteiger partial charge in [0, 0.05) is 21.2 Å². The zero-order valence-corrected chi connectivity index (χ0v) is 15.2. The van der Waals surface area contributed by atoms with Gasteiger partial charge in [-0.05, 0) is 68.3 Å². The van der Waals surface area contributed by atoms with Gasteiger partial charge in [0.15, 0.2) is 0 Å². The number of hydrogen-bond acceptors (Lipinski definition) is 2. The van der Waals surface area contributed by atoms with Crippen LogP contribution in [-0.4, -0.2) is 18.8 Å². The van der Waals surface area contributed by atoms with Crippen LogP contribution in [0.3, 0.4) is 0 Å². The van der Waals surface area contributed by atoms with Crippen LogP contribution < -0.4 is 5.32 Å². The molecule has 1 nitrogen and oxygen atoms in total. The molecule has 3 heteroatoms. The Morgan fingerprint density at radius 3 is 2.38 bits per heavy atom. The van der Waals surface area contributed by atoms with Gasteiger partial charge in [-0.15, -0.1) is 11.8 Å². The van der Waals surface area contributed by atoms with Crippen molar-refractivity contribution in [2.75, 3.05) is 12.8 Å². The Morgan fingerprint density at radius 1 is 1.05 bits per heavy atom. The van der Waals surface area contributed by atoms with Gasteiger partial charge in [0.05, 0.1) is 0 Å². The Labute approximate surface area is 140 Å². The lowest BCUT2D eigenvalue weighted by Crippen LogP contribution is -2.30. The molecular weight excluding hydrogens is 342 g/mol. The first-order chi connectivity index (χ1) is 10.1. The average Bonchev–Trinajstić information content (AvgIpc) is 2.49. The zero-order valence-electron chi connectivity index (χ0n) is 12.8. The van der Waals surface area contributed by atoms with E-state index in [2.05, 4.69) is 77.6 Å². The number of aryl methyl sites for hydroxylation is 2. The molecule has 112 valence electrons. The van der Waals surface area contributed by atoms with E-state index in [4.69, 9.17) is 0 Å². The van der Waals surface area contributed by atoms with Crippen molar-refractivity contribution in [2.24, 2.45) is 0 Å². The first-order valence-electron chi connectivity index (χ1n) is 7.20. The summed E-state index contributed by atoms with van der Waals surface area (Å²) in [5.74, 6) is 1.07. The van der Waals surface area contributed by atoms with Gasteiger partial charge in [-0.25, -0.2) is 0 Å². The smallest absolute Gasteiger partial charge is 0.0199 e. The van der Waals surface area contributed by atoms with Gasteiger partial charge in [0.2, 0.25) is 0 Å². The lowest BCUT2D eigenvalue weighted by Gasteiger charge is -2.16. The second-order valence-corrected chi connectivity index (χ2v) is 7.38. The predicted octanol–water partition coefficient (Wildman–Crippen LogP) is 4.99. The molecule has 0 spiro atoms. The third-order valence-corrected chi connectivity index (χ3v) is 5.43. The maximum absolute atomic E-state index is 3.47. The van der Waals surface area contributed by atoms with Crippen molar-refractivity contribution in [3.63, 3.8) is 0 Å². The molecule has 0 amide bonds. The molecule has 0 saturated carbocycles. The molecule has 0 aliphatic carbocycles. The van der Waals surface area contributed by atoms with E-state index in [1.165, 1.54) is 21.6 Å². The number of halogens is 1. The SMILES string of the molecule is CNC(CSc1ccc(Br)cc1)Cc1ccc(C)c(C)c1. The van der Waals surface area contributed by atoms with Crippen LogP contribution in [0.1, 0.15) is 16.7 Å². The molecule has 0 aliphatic rings. The predicted molar refractivity (Wildman–Crippen MR) is 97.3 cm³/mol. The highest BCUT2D eigenvalue weighted by Crippen LogP contribution is 2.22. The van der Waals surface area contributed by atoms with Crippen molar-refractivity contribution in [1.82, 2.24) is 5.32 Å². The zero-order chi connectivity index (χ0) is 15.2. The topological polar surface area (TPSA) is 12.0 Å². The van der Waals surface area contributed by atoms with Crippen LogP contribution in [0, 0.1) is 13.8 Å². The quantitative estimate of drug-likeness (QED) is 0.725. The molecule has 1 atom stereocenters. The van der Waals surface area contributed by atoms with Crippen LogP contribution in [0.2, 0.25) is 0 Å². The lowest BCUT2D eigenvalue weighted by molar-refractivity contribution is 0.617. The highest BCUT2D eigenvalue weighted by Gasteiger charge is 2.09. The van der Waals surface area contributed by atoms with E-state index < -0.39 is 0 Å². The summed E-state index contributed by atoms with van der Waals surface area (Å²) in [6.45, 7) is 4.35. The number of hydrogen-bond donors (Lipinski definition) is 1. The van der Waals surface area contributed by atoms with Gasteiger partial charge in [-0.1, -0.05) is 34.1 Å². The fraction of sp³-hybridized carbons (Fsp3) is 0.333. The minimum Gasteiger partial charge on any atom is -0.316 e. The molecule has 21 heavy (non-hydrogen) atoms. The molecule has 0 bridgehead atoms. The van der Waals surface area contributed by atoms with Gasteiger partial charge < -0.3 is 5.32 Å². The van der Waals surface area contributed by atoms with Crippen molar-refractivity contribution < 1.29 is 0 Å². The van der Waals surface area contributed by atoms with E-state index in [1.807, 2.05) is 18.8 Å². The fourth-order valence-corrected chi connectivity index (χ4v) is 3.46. The van der Waals surface area contributed by atoms with Crippen molar-refractivity contribution in [3.05, 3.63) is 63.6 Å². The lowest BCUT2D eigenvalue weighted by atomic mass is 10.0. The molecule has 0 aliphatic heterocycles. The number of likely N-dealkylation sites (N-methyl/N-ethyl adjacent to an activating group) is 1. The maximum atomic E-state index is 3.47. The average molecular weight is 364 g/mol. The summed E-state index contributed by atoms with van der Waals surface area (Å²) in [5.41, 5.74) is 4.15. The first-order valence-corrected chi connectivity index (χ1v) is 8.98. The van der Waals surface area contributed by atoms with Crippen molar-refractivity contribution in [2.45, 2.75) is 31.2 Å². The Hall–Kier alpha value is -0.770. The first kappa shape index (κ1) is 16.6. The van der Waals surface area contributed by atoms with E-state index in [0.717, 1.165) is 16.6 Å². The van der Waals surface area contributed by atoms with Crippen LogP contribution in [0.4, 0.5) is 0 Å². The van der Waals surface area contributed by atoms with Crippen molar-refractivity contribution in [1.29, 1.82) is 0 Å².